The number of benzene rings is 2. The molecule has 0 spiro atoms. The van der Waals surface area contributed by atoms with Gasteiger partial charge < -0.3 is 19.8 Å². The molecule has 4 nitrogen and oxygen atoms in total. The standard InChI is InChI=1S/2C19H30O2.Pb/c2*1-2-3-4-5-6-7-8-9-10-11-12-17-13-15-18(16-14-17)19(20)21;/h2*13-16H,2-12H2,1H3,(H,20,21);/q;;+2/p-2. The molecule has 2 aromatic carbocycles. The Hall–Kier alpha value is -1.70. The van der Waals surface area contributed by atoms with Crippen molar-refractivity contribution >= 4 is 39.2 Å². The molecule has 0 aliphatic carbocycles. The summed E-state index contributed by atoms with van der Waals surface area (Å²) in [6, 6.07) is 14.2. The minimum Gasteiger partial charge on any atom is -0.545 e. The minimum atomic E-state index is -1.10. The Morgan fingerprint density at radius 3 is 0.884 bits per heavy atom. The van der Waals surface area contributed by atoms with Gasteiger partial charge in [-0.1, -0.05) is 178 Å². The molecule has 0 aromatic heterocycles. The molecular weight excluding hydrogens is 728 g/mol. The minimum absolute atomic E-state index is 0. The molecule has 43 heavy (non-hydrogen) atoms. The van der Waals surface area contributed by atoms with E-state index in [0.29, 0.717) is 0 Å². The normalized spacial score (nSPS) is 10.5. The fraction of sp³-hybridized carbons (Fsp3) is 0.632. The zero-order valence-corrected chi connectivity index (χ0v) is 31.2. The van der Waals surface area contributed by atoms with Crippen molar-refractivity contribution in [2.24, 2.45) is 0 Å². The molecule has 2 aromatic rings. The number of hydrogen-bond acceptors (Lipinski definition) is 4. The summed E-state index contributed by atoms with van der Waals surface area (Å²) >= 11 is 0. The third kappa shape index (κ3) is 23.4. The van der Waals surface area contributed by atoms with Gasteiger partial charge in [-0.05, 0) is 47.9 Å². The summed E-state index contributed by atoms with van der Waals surface area (Å²) in [4.78, 5) is 21.3. The largest absolute Gasteiger partial charge is 2.00 e. The Bertz CT molecular complexity index is 846. The topological polar surface area (TPSA) is 80.3 Å². The van der Waals surface area contributed by atoms with Gasteiger partial charge >= 0.3 is 27.3 Å². The van der Waals surface area contributed by atoms with Crippen molar-refractivity contribution in [2.75, 3.05) is 0 Å². The number of carbonyl (C=O) groups excluding carboxylic acids is 2. The maximum Gasteiger partial charge on any atom is 2.00 e. The van der Waals surface area contributed by atoms with E-state index in [1.54, 1.807) is 24.3 Å². The van der Waals surface area contributed by atoms with Crippen LogP contribution in [-0.2, 0) is 12.8 Å². The predicted octanol–water partition coefficient (Wildman–Crippen LogP) is 8.65. The first-order valence-electron chi connectivity index (χ1n) is 17.1. The van der Waals surface area contributed by atoms with E-state index in [2.05, 4.69) is 13.8 Å². The second kappa shape index (κ2) is 29.0. The van der Waals surface area contributed by atoms with Crippen LogP contribution in [0.1, 0.15) is 174 Å². The van der Waals surface area contributed by atoms with Crippen molar-refractivity contribution in [1.82, 2.24) is 0 Å². The summed E-state index contributed by atoms with van der Waals surface area (Å²) in [5, 5.41) is 21.3. The fourth-order valence-electron chi connectivity index (χ4n) is 5.25. The molecule has 5 heteroatoms. The van der Waals surface area contributed by atoms with Gasteiger partial charge in [0.1, 0.15) is 0 Å². The second-order valence-corrected chi connectivity index (χ2v) is 11.8. The van der Waals surface area contributed by atoms with Crippen LogP contribution in [0.15, 0.2) is 48.5 Å². The van der Waals surface area contributed by atoms with E-state index in [4.69, 9.17) is 0 Å². The number of carbonyl (C=O) groups is 2. The summed E-state index contributed by atoms with van der Waals surface area (Å²) in [5.41, 5.74) is 2.97. The van der Waals surface area contributed by atoms with Gasteiger partial charge in [0.25, 0.3) is 0 Å². The summed E-state index contributed by atoms with van der Waals surface area (Å²) in [6.07, 6.45) is 29.0. The van der Waals surface area contributed by atoms with Gasteiger partial charge in [0.15, 0.2) is 0 Å². The molecule has 0 bridgehead atoms. The molecule has 238 valence electrons. The molecule has 0 saturated heterocycles. The van der Waals surface area contributed by atoms with E-state index in [1.165, 1.54) is 140 Å². The zero-order valence-electron chi connectivity index (χ0n) is 27.3. The Balaban J connectivity index is 0.000000802. The molecule has 0 unspecified atom stereocenters. The predicted molar refractivity (Wildman–Crippen MR) is 178 cm³/mol. The van der Waals surface area contributed by atoms with Crippen molar-refractivity contribution in [2.45, 2.75) is 155 Å². The van der Waals surface area contributed by atoms with E-state index in [9.17, 15) is 19.8 Å². The first kappa shape index (κ1) is 41.3. The SMILES string of the molecule is CCCCCCCCCCCCc1ccc(C(=O)[O-])cc1.CCCCCCCCCCCCc1ccc(C(=O)[O-])cc1.[Pb+2]. The maximum absolute atomic E-state index is 10.6. The van der Waals surface area contributed by atoms with Crippen LogP contribution in [0.25, 0.3) is 0 Å². The number of carboxylic acids is 2. The third-order valence-electron chi connectivity index (χ3n) is 8.02. The quantitative estimate of drug-likeness (QED) is 0.0789. The number of rotatable bonds is 24. The van der Waals surface area contributed by atoms with Crippen LogP contribution in [0.5, 0.6) is 0 Å². The molecule has 0 atom stereocenters. The molecule has 0 aliphatic heterocycles. The van der Waals surface area contributed by atoms with Crippen LogP contribution in [-0.4, -0.2) is 39.2 Å². The Morgan fingerprint density at radius 2 is 0.651 bits per heavy atom. The summed E-state index contributed by atoms with van der Waals surface area (Å²) in [7, 11) is 0. The van der Waals surface area contributed by atoms with Crippen molar-refractivity contribution in [3.8, 4) is 0 Å². The van der Waals surface area contributed by atoms with Gasteiger partial charge in [-0.3, -0.25) is 0 Å². The Morgan fingerprint density at radius 1 is 0.419 bits per heavy atom. The molecule has 2 radical (unpaired) electrons. The van der Waals surface area contributed by atoms with Crippen LogP contribution >= 0.6 is 0 Å². The second-order valence-electron chi connectivity index (χ2n) is 11.8. The number of unbranched alkanes of at least 4 members (excludes halogenated alkanes) is 18. The Kier molecular flexibility index (Phi) is 27.9. The third-order valence-corrected chi connectivity index (χ3v) is 8.02. The Labute approximate surface area is 283 Å². The van der Waals surface area contributed by atoms with Gasteiger partial charge in [0.05, 0.1) is 11.9 Å². The van der Waals surface area contributed by atoms with Gasteiger partial charge in [0.2, 0.25) is 0 Å². The van der Waals surface area contributed by atoms with Gasteiger partial charge in [-0.25, -0.2) is 0 Å². The first-order chi connectivity index (χ1) is 20.5. The molecular formula is C38H58O4Pb. The van der Waals surface area contributed by atoms with Crippen LogP contribution in [0.2, 0.25) is 0 Å². The number of aryl methyl sites for hydroxylation is 2. The molecule has 0 fully saturated rings. The number of aromatic carboxylic acids is 2. The maximum atomic E-state index is 10.6. The number of carboxylic acid groups (broad SMARTS) is 2. The van der Waals surface area contributed by atoms with Crippen LogP contribution in [0, 0.1) is 0 Å². The van der Waals surface area contributed by atoms with Crippen molar-refractivity contribution < 1.29 is 19.8 Å². The van der Waals surface area contributed by atoms with E-state index in [1.807, 2.05) is 24.3 Å². The van der Waals surface area contributed by atoms with Gasteiger partial charge in [-0.2, -0.15) is 0 Å². The summed E-state index contributed by atoms with van der Waals surface area (Å²) in [6.45, 7) is 4.51. The molecule has 0 saturated carbocycles. The van der Waals surface area contributed by atoms with Gasteiger partial charge in [0, 0.05) is 0 Å². The van der Waals surface area contributed by atoms with Crippen LogP contribution in [0.4, 0.5) is 0 Å². The summed E-state index contributed by atoms with van der Waals surface area (Å²) in [5.74, 6) is -2.19. The molecule has 0 amide bonds. The zero-order chi connectivity index (χ0) is 30.7. The van der Waals surface area contributed by atoms with Crippen molar-refractivity contribution in [3.05, 3.63) is 70.8 Å². The first-order valence-corrected chi connectivity index (χ1v) is 17.1. The van der Waals surface area contributed by atoms with Gasteiger partial charge in [-0.15, -0.1) is 0 Å². The number of hydrogen-bond donors (Lipinski definition) is 0. The van der Waals surface area contributed by atoms with E-state index >= 15 is 0 Å². The van der Waals surface area contributed by atoms with Crippen LogP contribution in [0.3, 0.4) is 0 Å². The van der Waals surface area contributed by atoms with Crippen molar-refractivity contribution in [3.63, 3.8) is 0 Å². The molecule has 2 rings (SSSR count). The van der Waals surface area contributed by atoms with E-state index in [-0.39, 0.29) is 38.4 Å². The average Bonchev–Trinajstić information content (AvgIpc) is 3.00. The molecule has 0 heterocycles. The monoisotopic (exact) mass is 786 g/mol. The van der Waals surface area contributed by atoms with E-state index in [0.717, 1.165) is 12.8 Å². The smallest absolute Gasteiger partial charge is 0.545 e. The average molecular weight is 786 g/mol. The van der Waals surface area contributed by atoms with Crippen molar-refractivity contribution in [1.29, 1.82) is 0 Å². The molecule has 0 N–H and O–H groups in total. The van der Waals surface area contributed by atoms with E-state index < -0.39 is 11.9 Å². The summed E-state index contributed by atoms with van der Waals surface area (Å²) < 4.78 is 0. The molecule has 0 aliphatic rings. The fourth-order valence-corrected chi connectivity index (χ4v) is 5.25. The van der Waals surface area contributed by atoms with Crippen LogP contribution < -0.4 is 10.2 Å².